The average molecular weight is 433 g/mol. The molecular weight excluding hydrogens is 410 g/mol. The van der Waals surface area contributed by atoms with Gasteiger partial charge in [-0.3, -0.25) is 19.3 Å². The van der Waals surface area contributed by atoms with Crippen LogP contribution in [0.2, 0.25) is 0 Å². The number of fused-ring (bicyclic) bond motifs is 7. The Hall–Kier alpha value is -3.39. The number of hydrogen-bond donors (Lipinski definition) is 1. The summed E-state index contributed by atoms with van der Waals surface area (Å²) < 4.78 is 10.7. The summed E-state index contributed by atoms with van der Waals surface area (Å²) in [5, 5.41) is 2.98. The molecule has 0 saturated carbocycles. The minimum Gasteiger partial charge on any atom is -0.493 e. The predicted octanol–water partition coefficient (Wildman–Crippen LogP) is 2.13. The predicted molar refractivity (Wildman–Crippen MR) is 115 cm³/mol. The van der Waals surface area contributed by atoms with Crippen LogP contribution in [0.15, 0.2) is 42.5 Å². The molecule has 164 valence electrons. The molecule has 0 aliphatic carbocycles. The number of hydrogen-bond acceptors (Lipinski definition) is 6. The lowest BCUT2D eigenvalue weighted by Crippen LogP contribution is -2.54. The zero-order chi connectivity index (χ0) is 22.2. The molecular formula is C24H23N3O5. The van der Waals surface area contributed by atoms with Crippen LogP contribution in [0.25, 0.3) is 0 Å². The Morgan fingerprint density at radius 1 is 1.00 bits per heavy atom. The molecule has 8 nitrogen and oxygen atoms in total. The van der Waals surface area contributed by atoms with E-state index in [4.69, 9.17) is 9.47 Å². The maximum absolute atomic E-state index is 13.9. The summed E-state index contributed by atoms with van der Waals surface area (Å²) in [6, 6.07) is 12.4. The van der Waals surface area contributed by atoms with E-state index in [0.717, 1.165) is 18.4 Å². The van der Waals surface area contributed by atoms with E-state index in [9.17, 15) is 14.4 Å². The van der Waals surface area contributed by atoms with Crippen molar-refractivity contribution in [3.63, 3.8) is 0 Å². The Kier molecular flexibility index (Phi) is 3.96. The highest BCUT2D eigenvalue weighted by Gasteiger charge is 2.74. The molecule has 0 bridgehead atoms. The van der Waals surface area contributed by atoms with E-state index in [0.29, 0.717) is 29.4 Å². The van der Waals surface area contributed by atoms with Crippen LogP contribution in [0.3, 0.4) is 0 Å². The van der Waals surface area contributed by atoms with Crippen LogP contribution < -0.4 is 19.7 Å². The summed E-state index contributed by atoms with van der Waals surface area (Å²) in [6.45, 7) is 0.691. The number of carbonyl (C=O) groups excluding carboxylic acids is 3. The highest BCUT2D eigenvalue weighted by Crippen LogP contribution is 2.60. The number of rotatable bonds is 3. The van der Waals surface area contributed by atoms with Crippen molar-refractivity contribution in [3.8, 4) is 11.5 Å². The van der Waals surface area contributed by atoms with Crippen LogP contribution in [0.1, 0.15) is 18.4 Å². The smallest absolute Gasteiger partial charge is 0.250 e. The second-order valence-corrected chi connectivity index (χ2v) is 8.72. The second kappa shape index (κ2) is 6.56. The van der Waals surface area contributed by atoms with E-state index >= 15 is 0 Å². The maximum atomic E-state index is 13.9. The van der Waals surface area contributed by atoms with E-state index in [-0.39, 0.29) is 23.8 Å². The summed E-state index contributed by atoms with van der Waals surface area (Å²) in [7, 11) is 3.04. The first-order chi connectivity index (χ1) is 15.5. The van der Waals surface area contributed by atoms with Gasteiger partial charge in [0.15, 0.2) is 11.5 Å². The number of anilines is 2. The molecule has 2 aromatic carbocycles. The summed E-state index contributed by atoms with van der Waals surface area (Å²) in [4.78, 5) is 44.6. The highest BCUT2D eigenvalue weighted by molar-refractivity contribution is 6.26. The number of amides is 3. The fraction of sp³-hybridized carbons (Fsp3) is 0.375. The fourth-order valence-corrected chi connectivity index (χ4v) is 6.38. The first-order valence-corrected chi connectivity index (χ1v) is 10.8. The average Bonchev–Trinajstić information content (AvgIpc) is 3.51. The minimum absolute atomic E-state index is 0.140. The Labute approximate surface area is 185 Å². The van der Waals surface area contributed by atoms with Gasteiger partial charge in [0.2, 0.25) is 17.7 Å². The number of nitrogens with one attached hydrogen (secondary N) is 1. The summed E-state index contributed by atoms with van der Waals surface area (Å²) >= 11 is 0. The Morgan fingerprint density at radius 3 is 2.56 bits per heavy atom. The van der Waals surface area contributed by atoms with Gasteiger partial charge < -0.3 is 14.8 Å². The quantitative estimate of drug-likeness (QED) is 0.747. The van der Waals surface area contributed by atoms with E-state index in [1.165, 1.54) is 19.1 Å². The molecule has 4 atom stereocenters. The third-order valence-corrected chi connectivity index (χ3v) is 7.53. The Morgan fingerprint density at radius 2 is 1.78 bits per heavy atom. The van der Waals surface area contributed by atoms with E-state index < -0.39 is 17.4 Å². The molecule has 4 aliphatic heterocycles. The van der Waals surface area contributed by atoms with Gasteiger partial charge in [0.05, 0.1) is 31.7 Å². The molecule has 32 heavy (non-hydrogen) atoms. The van der Waals surface area contributed by atoms with Crippen molar-refractivity contribution >= 4 is 29.1 Å². The molecule has 3 fully saturated rings. The lowest BCUT2D eigenvalue weighted by Gasteiger charge is -2.36. The minimum atomic E-state index is -1.15. The van der Waals surface area contributed by atoms with E-state index in [2.05, 4.69) is 10.2 Å². The molecule has 0 radical (unpaired) electrons. The van der Waals surface area contributed by atoms with Crippen LogP contribution in [-0.2, 0) is 19.9 Å². The molecule has 0 unspecified atom stereocenters. The highest BCUT2D eigenvalue weighted by atomic mass is 16.5. The molecule has 4 heterocycles. The number of benzene rings is 2. The summed E-state index contributed by atoms with van der Waals surface area (Å²) in [6.07, 6.45) is 1.68. The summed E-state index contributed by atoms with van der Waals surface area (Å²) in [5.74, 6) is -1.19. The summed E-state index contributed by atoms with van der Waals surface area (Å²) in [5.41, 5.74) is 0.785. The van der Waals surface area contributed by atoms with Gasteiger partial charge in [-0.05, 0) is 37.6 Å². The zero-order valence-electron chi connectivity index (χ0n) is 17.8. The van der Waals surface area contributed by atoms with Gasteiger partial charge in [-0.2, -0.15) is 0 Å². The lowest BCUT2D eigenvalue weighted by atomic mass is 9.75. The van der Waals surface area contributed by atoms with Crippen molar-refractivity contribution in [2.45, 2.75) is 24.4 Å². The number of imide groups is 1. The van der Waals surface area contributed by atoms with Crippen molar-refractivity contribution in [2.24, 2.45) is 11.8 Å². The first-order valence-electron chi connectivity index (χ1n) is 10.8. The van der Waals surface area contributed by atoms with Gasteiger partial charge in [0, 0.05) is 23.4 Å². The van der Waals surface area contributed by atoms with Crippen LogP contribution in [0.4, 0.5) is 11.4 Å². The number of methoxy groups -OCH3 is 2. The normalized spacial score (nSPS) is 30.5. The molecule has 4 aliphatic rings. The van der Waals surface area contributed by atoms with Crippen molar-refractivity contribution < 1.29 is 23.9 Å². The molecule has 6 rings (SSSR count). The topological polar surface area (TPSA) is 88.2 Å². The molecule has 0 aromatic heterocycles. The van der Waals surface area contributed by atoms with Gasteiger partial charge in [-0.1, -0.05) is 18.2 Å². The first kappa shape index (κ1) is 19.3. The fourth-order valence-electron chi connectivity index (χ4n) is 6.38. The standard InChI is InChI=1S/C24H23N3O5/c1-31-17-10-9-13(12-18(17)32-2)27-21(28)19-16-8-5-11-26(16)24(20(19)22(27)29)14-6-3-4-7-15(14)25-23(24)30/h3-4,6-7,9-10,12,16,19-20H,5,8,11H2,1-2H3,(H,25,30)/t16-,19+,20-,24+/m0/s1. The number of ether oxygens (including phenoxy) is 2. The van der Waals surface area contributed by atoms with E-state index in [1.54, 1.807) is 18.2 Å². The van der Waals surface area contributed by atoms with Gasteiger partial charge in [-0.15, -0.1) is 0 Å². The van der Waals surface area contributed by atoms with Crippen molar-refractivity contribution in [3.05, 3.63) is 48.0 Å². The van der Waals surface area contributed by atoms with Crippen LogP contribution in [0.5, 0.6) is 11.5 Å². The SMILES string of the molecule is COc1ccc(N2C(=O)[C@H]3[C@@H](C2=O)[C@]2(C(=O)Nc4ccccc42)N2CCC[C@@H]32)cc1OC. The third kappa shape index (κ3) is 2.13. The Balaban J connectivity index is 1.51. The molecule has 3 saturated heterocycles. The zero-order valence-corrected chi connectivity index (χ0v) is 17.8. The monoisotopic (exact) mass is 433 g/mol. The van der Waals surface area contributed by atoms with Gasteiger partial charge in [-0.25, -0.2) is 4.90 Å². The number of nitrogens with zero attached hydrogens (tertiary/aromatic N) is 2. The van der Waals surface area contributed by atoms with Gasteiger partial charge in [0.25, 0.3) is 0 Å². The second-order valence-electron chi connectivity index (χ2n) is 8.72. The van der Waals surface area contributed by atoms with Crippen molar-refractivity contribution in [1.29, 1.82) is 0 Å². The Bertz CT molecular complexity index is 1180. The van der Waals surface area contributed by atoms with Crippen LogP contribution in [0, 0.1) is 11.8 Å². The van der Waals surface area contributed by atoms with Crippen molar-refractivity contribution in [1.82, 2.24) is 4.90 Å². The molecule has 1 spiro atoms. The molecule has 2 aromatic rings. The maximum Gasteiger partial charge on any atom is 0.250 e. The van der Waals surface area contributed by atoms with Crippen LogP contribution >= 0.6 is 0 Å². The van der Waals surface area contributed by atoms with E-state index in [1.807, 2.05) is 24.3 Å². The molecule has 3 amide bonds. The number of para-hydroxylation sites is 1. The molecule has 8 heteroatoms. The van der Waals surface area contributed by atoms with Gasteiger partial charge >= 0.3 is 0 Å². The van der Waals surface area contributed by atoms with Crippen molar-refractivity contribution in [2.75, 3.05) is 31.0 Å². The lowest BCUT2D eigenvalue weighted by molar-refractivity contribution is -0.135. The third-order valence-electron chi connectivity index (χ3n) is 7.53. The largest absolute Gasteiger partial charge is 0.493 e. The molecule has 1 N–H and O–H groups in total. The van der Waals surface area contributed by atoms with Gasteiger partial charge in [0.1, 0.15) is 5.54 Å². The van der Waals surface area contributed by atoms with Crippen LogP contribution in [-0.4, -0.2) is 49.4 Å². The number of carbonyl (C=O) groups is 3.